The van der Waals surface area contributed by atoms with Crippen LogP contribution in [0.4, 0.5) is 0 Å². The minimum atomic E-state index is 0.590. The highest BCUT2D eigenvalue weighted by Gasteiger charge is 2.25. The number of aryl methyl sites for hydroxylation is 2. The molecule has 19 heavy (non-hydrogen) atoms. The Labute approximate surface area is 117 Å². The maximum Gasteiger partial charge on any atom is 0.0625 e. The van der Waals surface area contributed by atoms with E-state index in [1.165, 1.54) is 24.2 Å². The van der Waals surface area contributed by atoms with Gasteiger partial charge in [0.2, 0.25) is 0 Å². The molecule has 2 rings (SSSR count). The van der Waals surface area contributed by atoms with E-state index in [0.29, 0.717) is 12.1 Å². The van der Waals surface area contributed by atoms with E-state index in [4.69, 9.17) is 0 Å². The molecule has 1 aliphatic rings. The first-order valence-electron chi connectivity index (χ1n) is 7.63. The molecule has 0 aliphatic carbocycles. The van der Waals surface area contributed by atoms with Gasteiger partial charge in [0.05, 0.1) is 11.4 Å². The van der Waals surface area contributed by atoms with E-state index in [2.05, 4.69) is 53.9 Å². The van der Waals surface area contributed by atoms with E-state index < -0.39 is 0 Å². The number of nitrogens with one attached hydrogen (secondary N) is 1. The third-order valence-electron chi connectivity index (χ3n) is 4.10. The molecule has 2 unspecified atom stereocenters. The van der Waals surface area contributed by atoms with Crippen molar-refractivity contribution in [2.75, 3.05) is 13.1 Å². The molecule has 1 fully saturated rings. The predicted octanol–water partition coefficient (Wildman–Crippen LogP) is 1.94. The summed E-state index contributed by atoms with van der Waals surface area (Å²) >= 11 is 0. The number of hydrogen-bond acceptors (Lipinski definition) is 3. The fourth-order valence-corrected chi connectivity index (χ4v) is 2.94. The molecule has 0 aromatic carbocycles. The summed E-state index contributed by atoms with van der Waals surface area (Å²) in [6.07, 6.45) is 3.55. The summed E-state index contributed by atoms with van der Waals surface area (Å²) in [6, 6.07) is 3.52. The second-order valence-electron chi connectivity index (χ2n) is 5.79. The van der Waals surface area contributed by atoms with Crippen molar-refractivity contribution in [1.29, 1.82) is 0 Å². The Hall–Kier alpha value is -0.870. The second-order valence-corrected chi connectivity index (χ2v) is 5.79. The molecular weight excluding hydrogens is 236 g/mol. The van der Waals surface area contributed by atoms with E-state index in [0.717, 1.165) is 26.1 Å². The van der Waals surface area contributed by atoms with Gasteiger partial charge in [-0.25, -0.2) is 0 Å². The molecule has 2 atom stereocenters. The van der Waals surface area contributed by atoms with Crippen molar-refractivity contribution in [2.45, 2.75) is 58.7 Å². The topological polar surface area (TPSA) is 33.1 Å². The van der Waals surface area contributed by atoms with Gasteiger partial charge in [0.25, 0.3) is 0 Å². The van der Waals surface area contributed by atoms with Gasteiger partial charge in [-0.3, -0.25) is 9.58 Å². The van der Waals surface area contributed by atoms with Crippen LogP contribution in [-0.4, -0.2) is 39.9 Å². The maximum absolute atomic E-state index is 4.56. The first kappa shape index (κ1) is 14.5. The average molecular weight is 264 g/mol. The lowest BCUT2D eigenvalue weighted by Crippen LogP contribution is -2.55. The van der Waals surface area contributed by atoms with Crippen LogP contribution in [-0.2, 0) is 20.0 Å². The van der Waals surface area contributed by atoms with Crippen molar-refractivity contribution < 1.29 is 0 Å². The van der Waals surface area contributed by atoms with Crippen LogP contribution in [0, 0.1) is 0 Å². The second kappa shape index (κ2) is 6.53. The van der Waals surface area contributed by atoms with Gasteiger partial charge in [0, 0.05) is 38.8 Å². The van der Waals surface area contributed by atoms with Gasteiger partial charge in [0.1, 0.15) is 0 Å². The van der Waals surface area contributed by atoms with Crippen molar-refractivity contribution in [3.05, 3.63) is 17.5 Å². The number of rotatable bonds is 5. The lowest BCUT2D eigenvalue weighted by Gasteiger charge is -2.39. The van der Waals surface area contributed by atoms with Gasteiger partial charge in [-0.1, -0.05) is 20.3 Å². The van der Waals surface area contributed by atoms with Gasteiger partial charge in [-0.15, -0.1) is 0 Å². The van der Waals surface area contributed by atoms with Crippen LogP contribution in [0.25, 0.3) is 0 Å². The molecule has 108 valence electrons. The minimum absolute atomic E-state index is 0.590. The molecule has 0 spiro atoms. The van der Waals surface area contributed by atoms with Crippen LogP contribution in [0.1, 0.15) is 45.0 Å². The summed E-state index contributed by atoms with van der Waals surface area (Å²) in [5.74, 6) is 0. The van der Waals surface area contributed by atoms with Gasteiger partial charge in [0.15, 0.2) is 0 Å². The SMILES string of the molecule is CCCC1CNC(C)CN1Cc1cc(CC)nn1C. The van der Waals surface area contributed by atoms with Gasteiger partial charge >= 0.3 is 0 Å². The quantitative estimate of drug-likeness (QED) is 0.882. The molecule has 1 aromatic heterocycles. The first-order chi connectivity index (χ1) is 9.13. The van der Waals surface area contributed by atoms with Crippen LogP contribution >= 0.6 is 0 Å². The van der Waals surface area contributed by atoms with Crippen LogP contribution in [0.2, 0.25) is 0 Å². The van der Waals surface area contributed by atoms with Gasteiger partial charge < -0.3 is 5.32 Å². The van der Waals surface area contributed by atoms with Crippen molar-refractivity contribution in [2.24, 2.45) is 7.05 Å². The fourth-order valence-electron chi connectivity index (χ4n) is 2.94. The highest BCUT2D eigenvalue weighted by atomic mass is 15.3. The van der Waals surface area contributed by atoms with E-state index in [-0.39, 0.29) is 0 Å². The molecule has 0 radical (unpaired) electrons. The summed E-state index contributed by atoms with van der Waals surface area (Å²) in [6.45, 7) is 10.00. The molecule has 4 heteroatoms. The summed E-state index contributed by atoms with van der Waals surface area (Å²) < 4.78 is 2.05. The summed E-state index contributed by atoms with van der Waals surface area (Å²) in [5, 5.41) is 8.16. The molecule has 0 saturated carbocycles. The third-order valence-corrected chi connectivity index (χ3v) is 4.10. The van der Waals surface area contributed by atoms with E-state index in [1.807, 2.05) is 0 Å². The monoisotopic (exact) mass is 264 g/mol. The van der Waals surface area contributed by atoms with Crippen LogP contribution in [0.15, 0.2) is 6.07 Å². The molecule has 1 N–H and O–H groups in total. The van der Waals surface area contributed by atoms with Crippen LogP contribution in [0.3, 0.4) is 0 Å². The molecule has 4 nitrogen and oxygen atoms in total. The zero-order valence-electron chi connectivity index (χ0n) is 12.8. The van der Waals surface area contributed by atoms with Crippen molar-refractivity contribution in [3.63, 3.8) is 0 Å². The highest BCUT2D eigenvalue weighted by molar-refractivity contribution is 5.10. The Bertz CT molecular complexity index is 399. The Morgan fingerprint density at radius 3 is 2.84 bits per heavy atom. The Morgan fingerprint density at radius 1 is 1.42 bits per heavy atom. The van der Waals surface area contributed by atoms with Crippen molar-refractivity contribution in [3.8, 4) is 0 Å². The van der Waals surface area contributed by atoms with Crippen molar-refractivity contribution in [1.82, 2.24) is 20.0 Å². The zero-order chi connectivity index (χ0) is 13.8. The normalized spacial score (nSPS) is 24.8. The minimum Gasteiger partial charge on any atom is -0.311 e. The zero-order valence-corrected chi connectivity index (χ0v) is 12.8. The Kier molecular flexibility index (Phi) is 4.99. The molecule has 1 aromatic rings. The Balaban J connectivity index is 2.06. The summed E-state index contributed by atoms with van der Waals surface area (Å²) in [4.78, 5) is 2.63. The standard InChI is InChI=1S/C15H28N4/c1-5-7-14-9-16-12(3)10-19(14)11-15-8-13(6-2)17-18(15)4/h8,12,14,16H,5-7,9-11H2,1-4H3. The molecule has 0 amide bonds. The lowest BCUT2D eigenvalue weighted by atomic mass is 10.0. The lowest BCUT2D eigenvalue weighted by molar-refractivity contribution is 0.117. The molecule has 1 aliphatic heterocycles. The first-order valence-corrected chi connectivity index (χ1v) is 7.63. The average Bonchev–Trinajstić information content (AvgIpc) is 2.74. The third kappa shape index (κ3) is 3.57. The fraction of sp³-hybridized carbons (Fsp3) is 0.800. The number of piperazine rings is 1. The van der Waals surface area contributed by atoms with Gasteiger partial charge in [-0.2, -0.15) is 5.10 Å². The number of nitrogens with zero attached hydrogens (tertiary/aromatic N) is 3. The van der Waals surface area contributed by atoms with E-state index in [1.54, 1.807) is 0 Å². The van der Waals surface area contributed by atoms with E-state index >= 15 is 0 Å². The van der Waals surface area contributed by atoms with Crippen LogP contribution < -0.4 is 5.32 Å². The maximum atomic E-state index is 4.56. The van der Waals surface area contributed by atoms with Crippen LogP contribution in [0.5, 0.6) is 0 Å². The largest absolute Gasteiger partial charge is 0.311 e. The number of aromatic nitrogens is 2. The molecular formula is C15H28N4. The summed E-state index contributed by atoms with van der Waals surface area (Å²) in [5.41, 5.74) is 2.54. The summed E-state index contributed by atoms with van der Waals surface area (Å²) in [7, 11) is 2.06. The van der Waals surface area contributed by atoms with Crippen molar-refractivity contribution >= 4 is 0 Å². The number of hydrogen-bond donors (Lipinski definition) is 1. The highest BCUT2D eigenvalue weighted by Crippen LogP contribution is 2.16. The molecule has 2 heterocycles. The van der Waals surface area contributed by atoms with Gasteiger partial charge in [-0.05, 0) is 25.8 Å². The molecule has 1 saturated heterocycles. The Morgan fingerprint density at radius 2 is 2.21 bits per heavy atom. The van der Waals surface area contributed by atoms with E-state index in [9.17, 15) is 0 Å². The predicted molar refractivity (Wildman–Crippen MR) is 79.2 cm³/mol. The smallest absolute Gasteiger partial charge is 0.0625 e. The molecule has 0 bridgehead atoms.